The van der Waals surface area contributed by atoms with Crippen molar-refractivity contribution < 1.29 is 19.5 Å². The summed E-state index contributed by atoms with van der Waals surface area (Å²) in [5.41, 5.74) is 6.13. The average Bonchev–Trinajstić information content (AvgIpc) is 2.47. The molecule has 0 aliphatic carbocycles. The van der Waals surface area contributed by atoms with E-state index in [9.17, 15) is 10.1 Å². The molecule has 0 aliphatic rings. The molecule has 3 N–H and O–H groups in total. The molecule has 0 aromatic heterocycles. The first kappa shape index (κ1) is 14.6. The van der Waals surface area contributed by atoms with Crippen LogP contribution in [0.5, 0.6) is 17.2 Å². The topological polar surface area (TPSA) is 108 Å². The van der Waals surface area contributed by atoms with Crippen molar-refractivity contribution in [2.24, 2.45) is 0 Å². The number of benzene rings is 2. The van der Waals surface area contributed by atoms with Crippen LogP contribution in [-0.4, -0.2) is 17.1 Å². The Morgan fingerprint density at radius 2 is 2.00 bits per heavy atom. The number of nitro groups is 1. The van der Waals surface area contributed by atoms with Gasteiger partial charge in [0.2, 0.25) is 0 Å². The predicted octanol–water partition coefficient (Wildman–Crippen LogP) is 2.47. The Balaban J connectivity index is 2.30. The number of anilines is 1. The standard InChI is InChI=1S/C14H14N2O5/c1-20-14-6-9(8-17)2-5-13(14)21-10-3-4-12(16(18)19)11(15)7-10/h2-7,17H,8,15H2,1H3. The molecule has 2 rings (SSSR count). The first-order valence-corrected chi connectivity index (χ1v) is 6.04. The maximum absolute atomic E-state index is 10.7. The van der Waals surface area contributed by atoms with Crippen LogP contribution in [0, 0.1) is 10.1 Å². The molecule has 0 amide bonds. The molecule has 0 radical (unpaired) electrons. The lowest BCUT2D eigenvalue weighted by atomic mass is 10.2. The Kier molecular flexibility index (Phi) is 4.24. The van der Waals surface area contributed by atoms with Crippen molar-refractivity contribution in [1.82, 2.24) is 0 Å². The van der Waals surface area contributed by atoms with E-state index < -0.39 is 4.92 Å². The lowest BCUT2D eigenvalue weighted by Gasteiger charge is -2.11. The number of rotatable bonds is 5. The fourth-order valence-corrected chi connectivity index (χ4v) is 1.78. The number of hydrogen-bond acceptors (Lipinski definition) is 6. The van der Waals surface area contributed by atoms with Crippen LogP contribution in [0.1, 0.15) is 5.56 Å². The number of ether oxygens (including phenoxy) is 2. The third-order valence-corrected chi connectivity index (χ3v) is 2.83. The molecule has 0 saturated heterocycles. The zero-order valence-corrected chi connectivity index (χ0v) is 11.3. The Morgan fingerprint density at radius 1 is 1.24 bits per heavy atom. The Morgan fingerprint density at radius 3 is 2.57 bits per heavy atom. The number of methoxy groups -OCH3 is 1. The van der Waals surface area contributed by atoms with Gasteiger partial charge in [0.25, 0.3) is 5.69 Å². The van der Waals surface area contributed by atoms with Crippen LogP contribution in [0.25, 0.3) is 0 Å². The van der Waals surface area contributed by atoms with Crippen molar-refractivity contribution in [1.29, 1.82) is 0 Å². The smallest absolute Gasteiger partial charge is 0.292 e. The summed E-state index contributed by atoms with van der Waals surface area (Å²) >= 11 is 0. The summed E-state index contributed by atoms with van der Waals surface area (Å²) in [5.74, 6) is 1.22. The van der Waals surface area contributed by atoms with E-state index in [-0.39, 0.29) is 18.0 Å². The van der Waals surface area contributed by atoms with E-state index >= 15 is 0 Å². The van der Waals surface area contributed by atoms with Crippen molar-refractivity contribution in [2.75, 3.05) is 12.8 Å². The number of nitrogens with two attached hydrogens (primary N) is 1. The second-order valence-electron chi connectivity index (χ2n) is 4.22. The normalized spacial score (nSPS) is 10.2. The van der Waals surface area contributed by atoms with E-state index in [2.05, 4.69) is 0 Å². The summed E-state index contributed by atoms with van der Waals surface area (Å²) in [6, 6.07) is 9.07. The van der Waals surface area contributed by atoms with Crippen molar-refractivity contribution in [3.05, 3.63) is 52.1 Å². The number of nitrogen functional groups attached to an aromatic ring is 1. The predicted molar refractivity (Wildman–Crippen MR) is 76.5 cm³/mol. The molecule has 0 bridgehead atoms. The van der Waals surface area contributed by atoms with Crippen LogP contribution in [0.2, 0.25) is 0 Å². The number of hydrogen-bond donors (Lipinski definition) is 2. The van der Waals surface area contributed by atoms with Crippen LogP contribution in [0.3, 0.4) is 0 Å². The number of aliphatic hydroxyl groups is 1. The molecule has 0 aliphatic heterocycles. The molecule has 7 nitrogen and oxygen atoms in total. The highest BCUT2D eigenvalue weighted by molar-refractivity contribution is 5.61. The highest BCUT2D eigenvalue weighted by atomic mass is 16.6. The third kappa shape index (κ3) is 3.21. The molecule has 0 fully saturated rings. The third-order valence-electron chi connectivity index (χ3n) is 2.83. The summed E-state index contributed by atoms with van der Waals surface area (Å²) in [6.07, 6.45) is 0. The summed E-state index contributed by atoms with van der Waals surface area (Å²) in [4.78, 5) is 10.1. The molecule has 0 spiro atoms. The Bertz CT molecular complexity index is 672. The molecular weight excluding hydrogens is 276 g/mol. The van der Waals surface area contributed by atoms with Gasteiger partial charge in [-0.3, -0.25) is 10.1 Å². The molecule has 0 saturated carbocycles. The van der Waals surface area contributed by atoms with Crippen LogP contribution in [-0.2, 0) is 6.61 Å². The Hall–Kier alpha value is -2.80. The summed E-state index contributed by atoms with van der Waals surface area (Å²) < 4.78 is 10.8. The molecule has 2 aromatic carbocycles. The van der Waals surface area contributed by atoms with Gasteiger partial charge >= 0.3 is 0 Å². The maximum Gasteiger partial charge on any atom is 0.292 e. The molecule has 0 atom stereocenters. The molecule has 21 heavy (non-hydrogen) atoms. The summed E-state index contributed by atoms with van der Waals surface area (Å²) in [6.45, 7) is -0.110. The lowest BCUT2D eigenvalue weighted by Crippen LogP contribution is -1.97. The fraction of sp³-hybridized carbons (Fsp3) is 0.143. The molecule has 7 heteroatoms. The van der Waals surface area contributed by atoms with E-state index in [4.69, 9.17) is 20.3 Å². The maximum atomic E-state index is 10.7. The lowest BCUT2D eigenvalue weighted by molar-refractivity contribution is -0.383. The fourth-order valence-electron chi connectivity index (χ4n) is 1.78. The monoisotopic (exact) mass is 290 g/mol. The van der Waals surface area contributed by atoms with Gasteiger partial charge in [0.1, 0.15) is 11.4 Å². The van der Waals surface area contributed by atoms with Crippen molar-refractivity contribution >= 4 is 11.4 Å². The van der Waals surface area contributed by atoms with Crippen LogP contribution >= 0.6 is 0 Å². The quantitative estimate of drug-likeness (QED) is 0.497. The van der Waals surface area contributed by atoms with Gasteiger partial charge in [-0.05, 0) is 23.8 Å². The minimum Gasteiger partial charge on any atom is -0.493 e. The number of nitrogens with zero attached hydrogens (tertiary/aromatic N) is 1. The van der Waals surface area contributed by atoms with Gasteiger partial charge in [0.15, 0.2) is 11.5 Å². The number of aliphatic hydroxyl groups excluding tert-OH is 1. The first-order chi connectivity index (χ1) is 10.0. The van der Waals surface area contributed by atoms with Gasteiger partial charge < -0.3 is 20.3 Å². The van der Waals surface area contributed by atoms with Gasteiger partial charge in [0.05, 0.1) is 18.6 Å². The molecule has 0 heterocycles. The van der Waals surface area contributed by atoms with Crippen molar-refractivity contribution in [2.45, 2.75) is 6.61 Å². The molecule has 0 unspecified atom stereocenters. The highest BCUT2D eigenvalue weighted by Gasteiger charge is 2.13. The van der Waals surface area contributed by atoms with E-state index in [0.717, 1.165) is 0 Å². The zero-order valence-electron chi connectivity index (χ0n) is 11.3. The minimum atomic E-state index is -0.560. The highest BCUT2D eigenvalue weighted by Crippen LogP contribution is 2.34. The summed E-state index contributed by atoms with van der Waals surface area (Å²) in [7, 11) is 1.48. The van der Waals surface area contributed by atoms with Gasteiger partial charge in [0, 0.05) is 12.1 Å². The van der Waals surface area contributed by atoms with Crippen molar-refractivity contribution in [3.63, 3.8) is 0 Å². The zero-order chi connectivity index (χ0) is 15.4. The summed E-state index contributed by atoms with van der Waals surface area (Å²) in [5, 5.41) is 19.8. The van der Waals surface area contributed by atoms with Gasteiger partial charge in [-0.15, -0.1) is 0 Å². The molecule has 110 valence electrons. The second kappa shape index (κ2) is 6.10. The van der Waals surface area contributed by atoms with Gasteiger partial charge in [-0.25, -0.2) is 0 Å². The minimum absolute atomic E-state index is 0.0171. The average molecular weight is 290 g/mol. The number of nitro benzene ring substituents is 1. The molecule has 2 aromatic rings. The first-order valence-electron chi connectivity index (χ1n) is 6.04. The van der Waals surface area contributed by atoms with Gasteiger partial charge in [-0.2, -0.15) is 0 Å². The molecular formula is C14H14N2O5. The second-order valence-corrected chi connectivity index (χ2v) is 4.22. The SMILES string of the molecule is COc1cc(CO)ccc1Oc1ccc([N+](=O)[O-])c(N)c1. The van der Waals surface area contributed by atoms with Crippen LogP contribution in [0.15, 0.2) is 36.4 Å². The van der Waals surface area contributed by atoms with Crippen molar-refractivity contribution in [3.8, 4) is 17.2 Å². The van der Waals surface area contributed by atoms with E-state index in [1.54, 1.807) is 18.2 Å². The van der Waals surface area contributed by atoms with Crippen LogP contribution < -0.4 is 15.2 Å². The van der Waals surface area contributed by atoms with Gasteiger partial charge in [-0.1, -0.05) is 6.07 Å². The van der Waals surface area contributed by atoms with E-state index in [0.29, 0.717) is 22.8 Å². The van der Waals surface area contributed by atoms with Crippen LogP contribution in [0.4, 0.5) is 11.4 Å². The van der Waals surface area contributed by atoms with E-state index in [1.807, 2.05) is 0 Å². The van der Waals surface area contributed by atoms with E-state index in [1.165, 1.54) is 25.3 Å². The largest absolute Gasteiger partial charge is 0.493 e. The Labute approximate surface area is 120 Å².